The first-order chi connectivity index (χ1) is 8.24. The van der Waals surface area contributed by atoms with Gasteiger partial charge in [-0.2, -0.15) is 0 Å². The Labute approximate surface area is 118 Å². The molecule has 2 rings (SSSR count). The molecular formula is C12H13BrClNOS. The van der Waals surface area contributed by atoms with Crippen LogP contribution in [0.1, 0.15) is 30.0 Å². The van der Waals surface area contributed by atoms with Gasteiger partial charge in [-0.3, -0.25) is 0 Å². The van der Waals surface area contributed by atoms with Gasteiger partial charge in [0.05, 0.1) is 15.8 Å². The summed E-state index contributed by atoms with van der Waals surface area (Å²) in [6.07, 6.45) is 2.75. The number of hydrogen-bond donors (Lipinski definition) is 1. The van der Waals surface area contributed by atoms with E-state index < -0.39 is 0 Å². The van der Waals surface area contributed by atoms with Crippen LogP contribution in [0.2, 0.25) is 5.02 Å². The summed E-state index contributed by atoms with van der Waals surface area (Å²) in [7, 11) is 0. The first-order valence-electron chi connectivity index (χ1n) is 5.43. The molecule has 0 spiro atoms. The molecule has 0 aliphatic carbocycles. The van der Waals surface area contributed by atoms with Gasteiger partial charge in [-0.1, -0.05) is 18.5 Å². The van der Waals surface area contributed by atoms with E-state index in [1.54, 1.807) is 17.6 Å². The number of thiophene rings is 1. The molecule has 0 radical (unpaired) electrons. The van der Waals surface area contributed by atoms with Crippen LogP contribution in [0.4, 0.5) is 0 Å². The van der Waals surface area contributed by atoms with Crippen molar-refractivity contribution in [3.8, 4) is 0 Å². The van der Waals surface area contributed by atoms with Gasteiger partial charge in [-0.15, -0.1) is 11.3 Å². The van der Waals surface area contributed by atoms with Crippen LogP contribution < -0.4 is 5.32 Å². The van der Waals surface area contributed by atoms with E-state index in [2.05, 4.69) is 28.2 Å². The zero-order valence-corrected chi connectivity index (χ0v) is 12.5. The smallest absolute Gasteiger partial charge is 0.140 e. The molecule has 0 saturated heterocycles. The van der Waals surface area contributed by atoms with Crippen LogP contribution in [0.25, 0.3) is 0 Å². The van der Waals surface area contributed by atoms with E-state index in [1.807, 2.05) is 17.5 Å². The first-order valence-corrected chi connectivity index (χ1v) is 7.48. The summed E-state index contributed by atoms with van der Waals surface area (Å²) in [4.78, 5) is 1.09. The van der Waals surface area contributed by atoms with Crippen LogP contribution in [0.3, 0.4) is 0 Å². The second-order valence-electron chi connectivity index (χ2n) is 3.65. The van der Waals surface area contributed by atoms with E-state index in [1.165, 1.54) is 0 Å². The minimum atomic E-state index is 0.0202. The van der Waals surface area contributed by atoms with E-state index in [0.717, 1.165) is 33.1 Å². The molecule has 0 aliphatic heterocycles. The fourth-order valence-electron chi connectivity index (χ4n) is 1.62. The van der Waals surface area contributed by atoms with Gasteiger partial charge in [-0.05, 0) is 46.4 Å². The van der Waals surface area contributed by atoms with Gasteiger partial charge < -0.3 is 9.73 Å². The molecule has 0 aliphatic rings. The van der Waals surface area contributed by atoms with E-state index in [-0.39, 0.29) is 6.04 Å². The standard InChI is InChI=1S/C12H13BrClNOS/c1-2-5-15-10(11-8(13)3-6-16-11)12-9(14)4-7-17-12/h3-4,6-7,10,15H,2,5H2,1H3. The monoisotopic (exact) mass is 333 g/mol. The summed E-state index contributed by atoms with van der Waals surface area (Å²) in [6, 6.07) is 3.84. The molecule has 2 nitrogen and oxygen atoms in total. The van der Waals surface area contributed by atoms with Crippen molar-refractivity contribution >= 4 is 38.9 Å². The lowest BCUT2D eigenvalue weighted by atomic mass is 10.2. The molecule has 5 heteroatoms. The lowest BCUT2D eigenvalue weighted by Gasteiger charge is -2.16. The SMILES string of the molecule is CCCNC(c1occc1Br)c1sccc1Cl. The lowest BCUT2D eigenvalue weighted by molar-refractivity contribution is 0.447. The maximum atomic E-state index is 6.20. The fourth-order valence-corrected chi connectivity index (χ4v) is 3.28. The second kappa shape index (κ2) is 6.05. The summed E-state index contributed by atoms with van der Waals surface area (Å²) in [5.41, 5.74) is 0. The number of nitrogens with one attached hydrogen (secondary N) is 1. The third-order valence-corrected chi connectivity index (χ3v) is 4.49. The van der Waals surface area contributed by atoms with Crippen molar-refractivity contribution < 1.29 is 4.42 Å². The Kier molecular flexibility index (Phi) is 4.68. The van der Waals surface area contributed by atoms with Crippen molar-refractivity contribution in [1.82, 2.24) is 5.32 Å². The zero-order chi connectivity index (χ0) is 12.3. The first kappa shape index (κ1) is 13.1. The Balaban J connectivity index is 2.32. The molecule has 92 valence electrons. The molecule has 17 heavy (non-hydrogen) atoms. The molecule has 0 saturated carbocycles. The van der Waals surface area contributed by atoms with Gasteiger partial charge in [-0.25, -0.2) is 0 Å². The topological polar surface area (TPSA) is 25.2 Å². The van der Waals surface area contributed by atoms with E-state index in [0.29, 0.717) is 0 Å². The molecule has 0 bridgehead atoms. The summed E-state index contributed by atoms with van der Waals surface area (Å²) in [6.45, 7) is 3.06. The van der Waals surface area contributed by atoms with E-state index in [9.17, 15) is 0 Å². The van der Waals surface area contributed by atoms with Gasteiger partial charge in [0, 0.05) is 4.88 Å². The molecule has 2 aromatic rings. The van der Waals surface area contributed by atoms with Crippen LogP contribution in [-0.2, 0) is 0 Å². The second-order valence-corrected chi connectivity index (χ2v) is 5.86. The van der Waals surface area contributed by atoms with E-state index in [4.69, 9.17) is 16.0 Å². The maximum Gasteiger partial charge on any atom is 0.140 e. The van der Waals surface area contributed by atoms with Crippen molar-refractivity contribution in [2.24, 2.45) is 0 Å². The minimum Gasteiger partial charge on any atom is -0.466 e. The van der Waals surface area contributed by atoms with Crippen molar-refractivity contribution in [2.45, 2.75) is 19.4 Å². The summed E-state index contributed by atoms with van der Waals surface area (Å²) in [5, 5.41) is 6.24. The average molecular weight is 335 g/mol. The van der Waals surface area contributed by atoms with Gasteiger partial charge >= 0.3 is 0 Å². The van der Waals surface area contributed by atoms with Crippen molar-refractivity contribution in [1.29, 1.82) is 0 Å². The van der Waals surface area contributed by atoms with Gasteiger partial charge in [0.25, 0.3) is 0 Å². The Morgan fingerprint density at radius 1 is 1.53 bits per heavy atom. The molecule has 1 atom stereocenters. The highest BCUT2D eigenvalue weighted by atomic mass is 79.9. The van der Waals surface area contributed by atoms with Crippen LogP contribution in [0, 0.1) is 0 Å². The summed E-state index contributed by atoms with van der Waals surface area (Å²) >= 11 is 11.3. The third-order valence-electron chi connectivity index (χ3n) is 2.41. The lowest BCUT2D eigenvalue weighted by Crippen LogP contribution is -2.22. The molecule has 0 amide bonds. The molecule has 1 unspecified atom stereocenters. The molecule has 2 heterocycles. The van der Waals surface area contributed by atoms with Crippen molar-refractivity contribution in [3.63, 3.8) is 0 Å². The van der Waals surface area contributed by atoms with Gasteiger partial charge in [0.15, 0.2) is 0 Å². The predicted octanol–water partition coefficient (Wildman–Crippen LogP) is 4.85. The Morgan fingerprint density at radius 3 is 2.88 bits per heavy atom. The highest BCUT2D eigenvalue weighted by Gasteiger charge is 2.22. The molecule has 0 fully saturated rings. The van der Waals surface area contributed by atoms with Crippen LogP contribution in [0.15, 0.2) is 32.7 Å². The summed E-state index contributed by atoms with van der Waals surface area (Å²) < 4.78 is 6.51. The Hall–Kier alpha value is -0.290. The predicted molar refractivity (Wildman–Crippen MR) is 75.9 cm³/mol. The maximum absolute atomic E-state index is 6.20. The Bertz CT molecular complexity index is 442. The highest BCUT2D eigenvalue weighted by molar-refractivity contribution is 9.10. The molecule has 1 N–H and O–H groups in total. The van der Waals surface area contributed by atoms with Crippen LogP contribution in [-0.4, -0.2) is 6.54 Å². The molecule has 2 aromatic heterocycles. The molecular weight excluding hydrogens is 322 g/mol. The normalized spacial score (nSPS) is 12.9. The zero-order valence-electron chi connectivity index (χ0n) is 9.37. The van der Waals surface area contributed by atoms with E-state index >= 15 is 0 Å². The minimum absolute atomic E-state index is 0.0202. The van der Waals surface area contributed by atoms with Crippen molar-refractivity contribution in [3.05, 3.63) is 43.9 Å². The number of furan rings is 1. The highest BCUT2D eigenvalue weighted by Crippen LogP contribution is 2.36. The van der Waals surface area contributed by atoms with Gasteiger partial charge in [0.2, 0.25) is 0 Å². The fraction of sp³-hybridized carbons (Fsp3) is 0.333. The third kappa shape index (κ3) is 2.94. The number of hydrogen-bond acceptors (Lipinski definition) is 3. The van der Waals surface area contributed by atoms with Gasteiger partial charge in [0.1, 0.15) is 11.8 Å². The average Bonchev–Trinajstić information content (AvgIpc) is 2.90. The van der Waals surface area contributed by atoms with Crippen LogP contribution in [0.5, 0.6) is 0 Å². The summed E-state index contributed by atoms with van der Waals surface area (Å²) in [5.74, 6) is 0.878. The molecule has 0 aromatic carbocycles. The largest absolute Gasteiger partial charge is 0.466 e. The van der Waals surface area contributed by atoms with Crippen molar-refractivity contribution in [2.75, 3.05) is 6.54 Å². The quantitative estimate of drug-likeness (QED) is 0.846. The number of rotatable bonds is 5. The van der Waals surface area contributed by atoms with Crippen LogP contribution >= 0.6 is 38.9 Å². The number of halogens is 2. The Morgan fingerprint density at radius 2 is 2.35 bits per heavy atom.